The Labute approximate surface area is 92.2 Å². The maximum atomic E-state index is 10.9. The molecule has 1 aromatic heterocycles. The fourth-order valence-corrected chi connectivity index (χ4v) is 1.07. The minimum atomic E-state index is -0.0544. The van der Waals surface area contributed by atoms with Crippen molar-refractivity contribution in [2.45, 2.75) is 6.42 Å². The van der Waals surface area contributed by atoms with Gasteiger partial charge in [-0.25, -0.2) is 9.97 Å². The number of hydrogen-bond acceptors (Lipinski definition) is 5. The Balaban J connectivity index is 2.51. The van der Waals surface area contributed by atoms with Gasteiger partial charge in [0.05, 0.1) is 0 Å². The van der Waals surface area contributed by atoms with Gasteiger partial charge in [0.1, 0.15) is 12.0 Å². The Morgan fingerprint density at radius 3 is 3.00 bits per heavy atom. The molecule has 0 aliphatic rings. The molecule has 1 rings (SSSR count). The highest BCUT2D eigenvalue weighted by atomic mass is 35.5. The standard InChI is InChI=1S/C8H12ClN5O/c1-11-5(15)2-3-12-8-6(10)7(9)13-4-14-8/h4H,2-3,10H2,1H3,(H,11,15)(H,12,13,14). The third-order valence-corrected chi connectivity index (χ3v) is 2.06. The van der Waals surface area contributed by atoms with Gasteiger partial charge in [-0.05, 0) is 0 Å². The zero-order valence-corrected chi connectivity index (χ0v) is 9.01. The molecule has 0 aliphatic heterocycles. The van der Waals surface area contributed by atoms with E-state index >= 15 is 0 Å². The quantitative estimate of drug-likeness (QED) is 0.644. The SMILES string of the molecule is CNC(=O)CCNc1ncnc(Cl)c1N. The zero-order valence-electron chi connectivity index (χ0n) is 8.25. The lowest BCUT2D eigenvalue weighted by Crippen LogP contribution is -2.21. The van der Waals surface area contributed by atoms with Crippen molar-refractivity contribution >= 4 is 29.0 Å². The van der Waals surface area contributed by atoms with E-state index in [2.05, 4.69) is 20.6 Å². The maximum Gasteiger partial charge on any atom is 0.221 e. The Morgan fingerprint density at radius 2 is 2.33 bits per heavy atom. The van der Waals surface area contributed by atoms with Crippen LogP contribution in [0.5, 0.6) is 0 Å². The lowest BCUT2D eigenvalue weighted by molar-refractivity contribution is -0.120. The smallest absolute Gasteiger partial charge is 0.221 e. The normalized spacial score (nSPS) is 9.73. The molecule has 0 fully saturated rings. The molecule has 82 valence electrons. The summed E-state index contributed by atoms with van der Waals surface area (Å²) in [5.74, 6) is 0.389. The second-order valence-corrected chi connectivity index (χ2v) is 3.13. The predicted octanol–water partition coefficient (Wildman–Crippen LogP) is 0.260. The van der Waals surface area contributed by atoms with Gasteiger partial charge in [-0.15, -0.1) is 0 Å². The van der Waals surface area contributed by atoms with Gasteiger partial charge in [0.15, 0.2) is 11.0 Å². The first-order chi connectivity index (χ1) is 7.15. The first-order valence-electron chi connectivity index (χ1n) is 4.35. The topological polar surface area (TPSA) is 92.9 Å². The van der Waals surface area contributed by atoms with Crippen LogP contribution in [0.15, 0.2) is 6.33 Å². The van der Waals surface area contributed by atoms with Crippen molar-refractivity contribution in [1.29, 1.82) is 0 Å². The molecule has 0 bridgehead atoms. The number of halogens is 1. The monoisotopic (exact) mass is 229 g/mol. The summed E-state index contributed by atoms with van der Waals surface area (Å²) in [6.07, 6.45) is 1.65. The molecule has 1 heterocycles. The molecular weight excluding hydrogens is 218 g/mol. The molecule has 0 aromatic carbocycles. The lowest BCUT2D eigenvalue weighted by atomic mass is 10.4. The molecule has 15 heavy (non-hydrogen) atoms. The molecule has 0 spiro atoms. The highest BCUT2D eigenvalue weighted by Crippen LogP contribution is 2.21. The lowest BCUT2D eigenvalue weighted by Gasteiger charge is -2.07. The average molecular weight is 230 g/mol. The number of nitrogens with two attached hydrogens (primary N) is 1. The van der Waals surface area contributed by atoms with E-state index in [0.717, 1.165) is 0 Å². The minimum absolute atomic E-state index is 0.0544. The number of hydrogen-bond donors (Lipinski definition) is 3. The highest BCUT2D eigenvalue weighted by molar-refractivity contribution is 6.32. The molecule has 1 aromatic rings. The van der Waals surface area contributed by atoms with Crippen molar-refractivity contribution in [3.63, 3.8) is 0 Å². The molecule has 4 N–H and O–H groups in total. The fourth-order valence-electron chi connectivity index (χ4n) is 0.934. The Morgan fingerprint density at radius 1 is 1.60 bits per heavy atom. The predicted molar refractivity (Wildman–Crippen MR) is 58.6 cm³/mol. The molecule has 0 radical (unpaired) electrons. The minimum Gasteiger partial charge on any atom is -0.393 e. The van der Waals surface area contributed by atoms with Crippen LogP contribution in [0.1, 0.15) is 6.42 Å². The number of nitrogens with one attached hydrogen (secondary N) is 2. The summed E-state index contributed by atoms with van der Waals surface area (Å²) < 4.78 is 0. The van der Waals surface area contributed by atoms with Crippen molar-refractivity contribution in [3.05, 3.63) is 11.5 Å². The Bertz CT molecular complexity index is 357. The molecule has 1 amide bonds. The number of nitrogen functional groups attached to an aromatic ring is 1. The summed E-state index contributed by atoms with van der Waals surface area (Å²) in [5.41, 5.74) is 5.90. The molecule has 7 heteroatoms. The fraction of sp³-hybridized carbons (Fsp3) is 0.375. The number of amides is 1. The molecular formula is C8H12ClN5O. The van der Waals surface area contributed by atoms with E-state index in [1.54, 1.807) is 7.05 Å². The van der Waals surface area contributed by atoms with Gasteiger partial charge in [-0.2, -0.15) is 0 Å². The number of anilines is 2. The van der Waals surface area contributed by atoms with E-state index in [1.165, 1.54) is 6.33 Å². The van der Waals surface area contributed by atoms with Gasteiger partial charge in [0, 0.05) is 20.0 Å². The highest BCUT2D eigenvalue weighted by Gasteiger charge is 2.05. The van der Waals surface area contributed by atoms with Crippen LogP contribution in [0.2, 0.25) is 5.15 Å². The summed E-state index contributed by atoms with van der Waals surface area (Å²) in [6.45, 7) is 0.442. The van der Waals surface area contributed by atoms with Crippen LogP contribution in [-0.2, 0) is 4.79 Å². The number of carbonyl (C=O) groups excluding carboxylic acids is 1. The average Bonchev–Trinajstić information content (AvgIpc) is 2.24. The second kappa shape index (κ2) is 5.35. The molecule has 0 atom stereocenters. The van der Waals surface area contributed by atoms with Crippen molar-refractivity contribution < 1.29 is 4.79 Å². The summed E-state index contributed by atoms with van der Waals surface area (Å²) in [4.78, 5) is 18.5. The summed E-state index contributed by atoms with van der Waals surface area (Å²) in [6, 6.07) is 0. The maximum absolute atomic E-state index is 10.9. The Kier molecular flexibility index (Phi) is 4.11. The van der Waals surface area contributed by atoms with Crippen LogP contribution in [0.25, 0.3) is 0 Å². The van der Waals surface area contributed by atoms with Gasteiger partial charge in [-0.3, -0.25) is 4.79 Å². The van der Waals surface area contributed by atoms with Crippen LogP contribution in [-0.4, -0.2) is 29.5 Å². The van der Waals surface area contributed by atoms with Crippen LogP contribution in [0.3, 0.4) is 0 Å². The van der Waals surface area contributed by atoms with E-state index in [0.29, 0.717) is 18.8 Å². The summed E-state index contributed by atoms with van der Waals surface area (Å²) in [5, 5.41) is 5.61. The Hall–Kier alpha value is -1.56. The van der Waals surface area contributed by atoms with Crippen LogP contribution < -0.4 is 16.4 Å². The number of carbonyl (C=O) groups is 1. The van der Waals surface area contributed by atoms with E-state index in [4.69, 9.17) is 17.3 Å². The first kappa shape index (κ1) is 11.5. The summed E-state index contributed by atoms with van der Waals surface area (Å²) >= 11 is 5.69. The zero-order chi connectivity index (χ0) is 11.3. The van der Waals surface area contributed by atoms with Crippen LogP contribution in [0.4, 0.5) is 11.5 Å². The van der Waals surface area contributed by atoms with Gasteiger partial charge in [-0.1, -0.05) is 11.6 Å². The van der Waals surface area contributed by atoms with Gasteiger partial charge >= 0.3 is 0 Å². The van der Waals surface area contributed by atoms with E-state index in [1.807, 2.05) is 0 Å². The van der Waals surface area contributed by atoms with Gasteiger partial charge in [0.25, 0.3) is 0 Å². The number of rotatable bonds is 4. The summed E-state index contributed by atoms with van der Waals surface area (Å²) in [7, 11) is 1.58. The van der Waals surface area contributed by atoms with Crippen molar-refractivity contribution in [2.24, 2.45) is 0 Å². The molecule has 0 saturated carbocycles. The molecule has 0 saturated heterocycles. The van der Waals surface area contributed by atoms with E-state index in [-0.39, 0.29) is 16.7 Å². The number of aromatic nitrogens is 2. The van der Waals surface area contributed by atoms with Crippen molar-refractivity contribution in [1.82, 2.24) is 15.3 Å². The first-order valence-corrected chi connectivity index (χ1v) is 4.73. The van der Waals surface area contributed by atoms with E-state index < -0.39 is 0 Å². The largest absolute Gasteiger partial charge is 0.393 e. The van der Waals surface area contributed by atoms with E-state index in [9.17, 15) is 4.79 Å². The third-order valence-electron chi connectivity index (χ3n) is 1.76. The van der Waals surface area contributed by atoms with Crippen LogP contribution in [0, 0.1) is 0 Å². The van der Waals surface area contributed by atoms with Crippen LogP contribution >= 0.6 is 11.6 Å². The third kappa shape index (κ3) is 3.25. The molecule has 6 nitrogen and oxygen atoms in total. The molecule has 0 aliphatic carbocycles. The second-order valence-electron chi connectivity index (χ2n) is 2.78. The van der Waals surface area contributed by atoms with Gasteiger partial charge in [0.2, 0.25) is 5.91 Å². The van der Waals surface area contributed by atoms with Crippen molar-refractivity contribution in [3.8, 4) is 0 Å². The van der Waals surface area contributed by atoms with Crippen molar-refractivity contribution in [2.75, 3.05) is 24.6 Å². The van der Waals surface area contributed by atoms with Gasteiger partial charge < -0.3 is 16.4 Å². The molecule has 0 unspecified atom stereocenters. The number of nitrogens with zero attached hydrogens (tertiary/aromatic N) is 2.